The number of aromatic nitrogens is 1. The molecule has 2 aromatic carbocycles. The van der Waals surface area contributed by atoms with Crippen molar-refractivity contribution >= 4 is 49.5 Å². The van der Waals surface area contributed by atoms with E-state index in [1.165, 1.54) is 31.4 Å². The van der Waals surface area contributed by atoms with E-state index >= 15 is 0 Å². The van der Waals surface area contributed by atoms with Crippen LogP contribution in [-0.2, 0) is 25.9 Å². The van der Waals surface area contributed by atoms with Gasteiger partial charge in [0, 0.05) is 17.0 Å². The van der Waals surface area contributed by atoms with Gasteiger partial charge in [-0.15, -0.1) is 0 Å². The van der Waals surface area contributed by atoms with Crippen LogP contribution in [0.5, 0.6) is 0 Å². The van der Waals surface area contributed by atoms with Crippen LogP contribution >= 0.6 is 0 Å². The van der Waals surface area contributed by atoms with Crippen LogP contribution in [-0.4, -0.2) is 39.1 Å². The molecule has 0 amide bonds. The summed E-state index contributed by atoms with van der Waals surface area (Å²) in [6.45, 7) is 5.45. The Bertz CT molecular complexity index is 1720. The van der Waals surface area contributed by atoms with Gasteiger partial charge in [-0.05, 0) is 44.5 Å². The number of hydrogen-bond donors (Lipinski definition) is 1. The number of anilines is 1. The van der Waals surface area contributed by atoms with Crippen LogP contribution in [0.3, 0.4) is 0 Å². The zero-order chi connectivity index (χ0) is 27.6. The molecule has 2 heterocycles. The fourth-order valence-electron chi connectivity index (χ4n) is 4.05. The fraction of sp³-hybridized carbons (Fsp3) is 0.259. The van der Waals surface area contributed by atoms with Gasteiger partial charge in [0.15, 0.2) is 11.1 Å². The number of sulfonamides is 1. The highest BCUT2D eigenvalue weighted by Crippen LogP contribution is 2.34. The number of rotatable bonds is 8. The summed E-state index contributed by atoms with van der Waals surface area (Å²) >= 11 is 0. The number of ether oxygens (including phenoxy) is 2. The maximum atomic E-state index is 13.3. The van der Waals surface area contributed by atoms with Crippen molar-refractivity contribution in [3.05, 3.63) is 75.3 Å². The van der Waals surface area contributed by atoms with E-state index in [9.17, 15) is 22.8 Å². The van der Waals surface area contributed by atoms with Crippen LogP contribution in [0.25, 0.3) is 21.9 Å². The lowest BCUT2D eigenvalue weighted by Crippen LogP contribution is -2.16. The summed E-state index contributed by atoms with van der Waals surface area (Å²) in [4.78, 5) is 42.3. The van der Waals surface area contributed by atoms with Crippen molar-refractivity contribution in [2.75, 3.05) is 18.4 Å². The Morgan fingerprint density at radius 3 is 2.37 bits per heavy atom. The third-order valence-corrected chi connectivity index (χ3v) is 7.22. The minimum atomic E-state index is -4.08. The Labute approximate surface area is 218 Å². The monoisotopic (exact) mass is 538 g/mol. The fourth-order valence-corrected chi connectivity index (χ4v) is 5.12. The van der Waals surface area contributed by atoms with E-state index in [0.717, 1.165) is 11.6 Å². The number of esters is 2. The molecule has 38 heavy (non-hydrogen) atoms. The molecule has 0 saturated heterocycles. The molecule has 0 radical (unpaired) electrons. The lowest BCUT2D eigenvalue weighted by molar-refractivity contribution is 0.0490. The quantitative estimate of drug-likeness (QED) is 0.256. The van der Waals surface area contributed by atoms with Crippen molar-refractivity contribution in [1.82, 2.24) is 4.98 Å². The first-order chi connectivity index (χ1) is 18.1. The molecule has 4 rings (SSSR count). The molecule has 0 aliphatic carbocycles. The maximum Gasteiger partial charge on any atom is 0.374 e. The summed E-state index contributed by atoms with van der Waals surface area (Å²) in [5.41, 5.74) is 1.02. The van der Waals surface area contributed by atoms with Crippen molar-refractivity contribution in [3.8, 4) is 0 Å². The standard InChI is InChI=1S/C27H26N2O8S/c1-5-7-17-24-18(12-19-22(30)14-23(37-25(17)19)27(32)36-6-2)20(13-21(28-24)26(31)35-4)29-38(33,34)16-10-8-15(3)9-11-16/h8-14H,5-7H2,1-4H3,(H,28,29). The lowest BCUT2D eigenvalue weighted by Gasteiger charge is -2.16. The van der Waals surface area contributed by atoms with Gasteiger partial charge in [0.2, 0.25) is 5.76 Å². The van der Waals surface area contributed by atoms with Crippen molar-refractivity contribution < 1.29 is 31.9 Å². The second-order valence-corrected chi connectivity index (χ2v) is 10.2. The Balaban J connectivity index is 2.05. The van der Waals surface area contributed by atoms with Crippen molar-refractivity contribution in [2.24, 2.45) is 0 Å². The molecule has 1 N–H and O–H groups in total. The predicted molar refractivity (Wildman–Crippen MR) is 141 cm³/mol. The lowest BCUT2D eigenvalue weighted by atomic mass is 10.00. The third-order valence-electron chi connectivity index (χ3n) is 5.84. The van der Waals surface area contributed by atoms with Crippen LogP contribution in [0.2, 0.25) is 0 Å². The number of hydrogen-bond acceptors (Lipinski definition) is 9. The van der Waals surface area contributed by atoms with Gasteiger partial charge >= 0.3 is 11.9 Å². The van der Waals surface area contributed by atoms with Gasteiger partial charge in [-0.1, -0.05) is 31.0 Å². The summed E-state index contributed by atoms with van der Waals surface area (Å²) < 4.78 is 44.7. The molecule has 4 aromatic rings. The number of pyridine rings is 1. The van der Waals surface area contributed by atoms with E-state index in [4.69, 9.17) is 13.9 Å². The highest BCUT2D eigenvalue weighted by Gasteiger charge is 2.24. The van der Waals surface area contributed by atoms with Gasteiger partial charge < -0.3 is 13.9 Å². The minimum absolute atomic E-state index is 0.0147. The van der Waals surface area contributed by atoms with E-state index in [1.54, 1.807) is 19.1 Å². The average Bonchev–Trinajstić information content (AvgIpc) is 2.88. The van der Waals surface area contributed by atoms with Gasteiger partial charge in [-0.2, -0.15) is 0 Å². The molecular formula is C27H26N2O8S. The summed E-state index contributed by atoms with van der Waals surface area (Å²) in [5.74, 6) is -1.85. The maximum absolute atomic E-state index is 13.3. The molecule has 0 unspecified atom stereocenters. The first-order valence-electron chi connectivity index (χ1n) is 11.9. The van der Waals surface area contributed by atoms with Crippen LogP contribution in [0.1, 0.15) is 52.4 Å². The van der Waals surface area contributed by atoms with E-state index in [0.29, 0.717) is 18.4 Å². The van der Waals surface area contributed by atoms with E-state index in [2.05, 4.69) is 9.71 Å². The molecule has 0 aliphatic rings. The number of nitrogens with zero attached hydrogens (tertiary/aromatic N) is 1. The van der Waals surface area contributed by atoms with Crippen LogP contribution < -0.4 is 10.2 Å². The Morgan fingerprint density at radius 1 is 1.03 bits per heavy atom. The van der Waals surface area contributed by atoms with Crippen molar-refractivity contribution in [3.63, 3.8) is 0 Å². The number of fused-ring (bicyclic) bond motifs is 2. The Hall–Kier alpha value is -4.25. The summed E-state index contributed by atoms with van der Waals surface area (Å²) in [6.07, 6.45) is 0.945. The Morgan fingerprint density at radius 2 is 1.74 bits per heavy atom. The molecular weight excluding hydrogens is 512 g/mol. The molecule has 0 aliphatic heterocycles. The highest BCUT2D eigenvalue weighted by atomic mass is 32.2. The van der Waals surface area contributed by atoms with E-state index in [-0.39, 0.29) is 50.5 Å². The SMILES string of the molecule is CCCc1c2nc(C(=O)OC)cc(NS(=O)(=O)c3ccc(C)cc3)c2cc2c(=O)cc(C(=O)OCC)oc12. The first kappa shape index (κ1) is 26.8. The third kappa shape index (κ3) is 5.10. The molecule has 11 heteroatoms. The number of aryl methyl sites for hydroxylation is 2. The van der Waals surface area contributed by atoms with Crippen molar-refractivity contribution in [1.29, 1.82) is 0 Å². The zero-order valence-corrected chi connectivity index (χ0v) is 22.1. The minimum Gasteiger partial charge on any atom is -0.464 e. The van der Waals surface area contributed by atoms with Gasteiger partial charge in [-0.3, -0.25) is 9.52 Å². The number of nitrogens with one attached hydrogen (secondary N) is 1. The summed E-state index contributed by atoms with van der Waals surface area (Å²) in [6, 6.07) is 9.99. The van der Waals surface area contributed by atoms with Gasteiger partial charge in [-0.25, -0.2) is 23.0 Å². The molecule has 0 saturated carbocycles. The number of carbonyl (C=O) groups excluding carboxylic acids is 2. The number of methoxy groups -OCH3 is 1. The number of benzene rings is 2. The van der Waals surface area contributed by atoms with Gasteiger partial charge in [0.25, 0.3) is 10.0 Å². The second kappa shape index (κ2) is 10.6. The van der Waals surface area contributed by atoms with Gasteiger partial charge in [0.1, 0.15) is 5.58 Å². The highest BCUT2D eigenvalue weighted by molar-refractivity contribution is 7.92. The smallest absolute Gasteiger partial charge is 0.374 e. The molecule has 0 spiro atoms. The number of carbonyl (C=O) groups is 2. The predicted octanol–water partition coefficient (Wildman–Crippen LogP) is 4.37. The molecule has 0 atom stereocenters. The largest absolute Gasteiger partial charge is 0.464 e. The van der Waals surface area contributed by atoms with Crippen LogP contribution in [0.4, 0.5) is 5.69 Å². The molecule has 2 aromatic heterocycles. The summed E-state index contributed by atoms with van der Waals surface area (Å²) in [5, 5.41) is 0.401. The first-order valence-corrected chi connectivity index (χ1v) is 13.4. The Kier molecular flexibility index (Phi) is 7.49. The molecule has 10 nitrogen and oxygen atoms in total. The second-order valence-electron chi connectivity index (χ2n) is 8.54. The van der Waals surface area contributed by atoms with E-state index < -0.39 is 27.4 Å². The van der Waals surface area contributed by atoms with Gasteiger partial charge in [0.05, 0.1) is 35.2 Å². The van der Waals surface area contributed by atoms with Crippen LogP contribution in [0.15, 0.2) is 56.6 Å². The molecule has 198 valence electrons. The zero-order valence-electron chi connectivity index (χ0n) is 21.3. The van der Waals surface area contributed by atoms with Crippen LogP contribution in [0, 0.1) is 6.92 Å². The normalized spacial score (nSPS) is 11.5. The van der Waals surface area contributed by atoms with Crippen molar-refractivity contribution in [2.45, 2.75) is 38.5 Å². The summed E-state index contributed by atoms with van der Waals surface area (Å²) in [7, 11) is -2.89. The topological polar surface area (TPSA) is 142 Å². The molecule has 0 bridgehead atoms. The van der Waals surface area contributed by atoms with E-state index in [1.807, 2.05) is 13.8 Å². The average molecular weight is 539 g/mol. The molecule has 0 fully saturated rings.